The zero-order valence-corrected chi connectivity index (χ0v) is 7.68. The van der Waals surface area contributed by atoms with Crippen molar-refractivity contribution in [2.45, 2.75) is 33.4 Å². The molecule has 0 rings (SSSR count). The van der Waals surface area contributed by atoms with Crippen LogP contribution in [0.1, 0.15) is 27.7 Å². The maximum atomic E-state index is 12.8. The highest BCUT2D eigenvalue weighted by Crippen LogP contribution is 2.11. The quantitative estimate of drug-likeness (QED) is 0.472. The zero-order valence-electron chi connectivity index (χ0n) is 7.68. The van der Waals surface area contributed by atoms with Crippen LogP contribution >= 0.6 is 0 Å². The van der Waals surface area contributed by atoms with Gasteiger partial charge in [0.2, 0.25) is 5.67 Å². The lowest BCUT2D eigenvalue weighted by molar-refractivity contribution is -0.169. The molecule has 0 aliphatic carbocycles. The average Bonchev–Trinajstić information content (AvgIpc) is 1.85. The molecule has 70 valence electrons. The molecule has 0 aromatic rings. The van der Waals surface area contributed by atoms with Gasteiger partial charge in [-0.3, -0.25) is 4.79 Å². The Morgan fingerprint density at radius 3 is 2.00 bits per heavy atom. The Morgan fingerprint density at radius 2 is 1.75 bits per heavy atom. The first-order valence-corrected chi connectivity index (χ1v) is 3.70. The lowest BCUT2D eigenvalue weighted by Crippen LogP contribution is -2.31. The van der Waals surface area contributed by atoms with E-state index in [9.17, 15) is 14.0 Å². The van der Waals surface area contributed by atoms with Crippen LogP contribution in [0.3, 0.4) is 0 Å². The summed E-state index contributed by atoms with van der Waals surface area (Å²) in [6.45, 7) is 5.23. The van der Waals surface area contributed by atoms with Gasteiger partial charge in [-0.15, -0.1) is 0 Å². The van der Waals surface area contributed by atoms with E-state index in [2.05, 4.69) is 4.74 Å². The first-order chi connectivity index (χ1) is 5.25. The number of halogens is 1. The normalized spacial score (nSPS) is 11.5. The maximum Gasteiger partial charge on any atom is 0.350 e. The van der Waals surface area contributed by atoms with Crippen molar-refractivity contribution in [3.8, 4) is 0 Å². The van der Waals surface area contributed by atoms with Crippen LogP contribution in [0.25, 0.3) is 0 Å². The van der Waals surface area contributed by atoms with E-state index in [0.29, 0.717) is 0 Å². The zero-order chi connectivity index (χ0) is 9.94. The van der Waals surface area contributed by atoms with Gasteiger partial charge >= 0.3 is 11.9 Å². The summed E-state index contributed by atoms with van der Waals surface area (Å²) < 4.78 is 17.0. The number of esters is 2. The van der Waals surface area contributed by atoms with Gasteiger partial charge in [-0.05, 0) is 13.8 Å². The van der Waals surface area contributed by atoms with Crippen molar-refractivity contribution >= 4 is 11.9 Å². The van der Waals surface area contributed by atoms with Crippen LogP contribution < -0.4 is 0 Å². The van der Waals surface area contributed by atoms with Crippen LogP contribution in [0.5, 0.6) is 0 Å². The van der Waals surface area contributed by atoms with Gasteiger partial charge in [0.05, 0.1) is 5.92 Å². The highest BCUT2D eigenvalue weighted by Gasteiger charge is 2.31. The number of rotatable bonds is 2. The molecule has 0 heterocycles. The summed E-state index contributed by atoms with van der Waals surface area (Å²) in [5, 5.41) is 0. The highest BCUT2D eigenvalue weighted by atomic mass is 19.1. The summed E-state index contributed by atoms with van der Waals surface area (Å²) in [5.74, 6) is -2.26. The van der Waals surface area contributed by atoms with Gasteiger partial charge in [0.1, 0.15) is 0 Å². The maximum absolute atomic E-state index is 12.8. The predicted molar refractivity (Wildman–Crippen MR) is 41.1 cm³/mol. The lowest BCUT2D eigenvalue weighted by Gasteiger charge is -2.12. The van der Waals surface area contributed by atoms with Gasteiger partial charge < -0.3 is 4.74 Å². The molecular formula is C8H13FO3. The molecule has 0 radical (unpaired) electrons. The third-order valence-electron chi connectivity index (χ3n) is 1.15. The summed E-state index contributed by atoms with van der Waals surface area (Å²) in [4.78, 5) is 21.6. The lowest BCUT2D eigenvalue weighted by atomic mass is 10.2. The summed E-state index contributed by atoms with van der Waals surface area (Å²) in [6, 6.07) is 0. The van der Waals surface area contributed by atoms with Gasteiger partial charge in [-0.25, -0.2) is 9.18 Å². The van der Waals surface area contributed by atoms with E-state index in [4.69, 9.17) is 0 Å². The van der Waals surface area contributed by atoms with Gasteiger partial charge in [0.15, 0.2) is 0 Å². The second-order valence-electron chi connectivity index (χ2n) is 3.34. The first kappa shape index (κ1) is 11.1. The van der Waals surface area contributed by atoms with Crippen molar-refractivity contribution in [1.82, 2.24) is 0 Å². The molecule has 0 aliphatic heterocycles. The van der Waals surface area contributed by atoms with Crippen LogP contribution in [-0.2, 0) is 14.3 Å². The second-order valence-corrected chi connectivity index (χ2v) is 3.34. The van der Waals surface area contributed by atoms with E-state index in [1.54, 1.807) is 13.8 Å². The van der Waals surface area contributed by atoms with E-state index < -0.39 is 23.5 Å². The van der Waals surface area contributed by atoms with Crippen molar-refractivity contribution in [3.05, 3.63) is 0 Å². The van der Waals surface area contributed by atoms with Crippen LogP contribution in [0.4, 0.5) is 4.39 Å². The largest absolute Gasteiger partial charge is 0.391 e. The molecule has 0 saturated carbocycles. The van der Waals surface area contributed by atoms with Crippen LogP contribution in [0, 0.1) is 5.92 Å². The molecular weight excluding hydrogens is 163 g/mol. The van der Waals surface area contributed by atoms with Gasteiger partial charge in [0.25, 0.3) is 0 Å². The summed E-state index contributed by atoms with van der Waals surface area (Å²) in [7, 11) is 0. The average molecular weight is 176 g/mol. The summed E-state index contributed by atoms with van der Waals surface area (Å²) in [5.41, 5.74) is -2.11. The van der Waals surface area contributed by atoms with Gasteiger partial charge in [-0.1, -0.05) is 13.8 Å². The van der Waals surface area contributed by atoms with E-state index in [1.807, 2.05) is 0 Å². The molecule has 0 aliphatic rings. The SMILES string of the molecule is CC(C)C(=O)OC(=O)C(C)(C)F. The van der Waals surface area contributed by atoms with Crippen molar-refractivity contribution < 1.29 is 18.7 Å². The molecule has 0 amide bonds. The number of carbonyl (C=O) groups is 2. The number of carbonyl (C=O) groups excluding carboxylic acids is 2. The summed E-state index contributed by atoms with van der Waals surface area (Å²) >= 11 is 0. The van der Waals surface area contributed by atoms with E-state index in [-0.39, 0.29) is 0 Å². The van der Waals surface area contributed by atoms with Crippen LogP contribution in [-0.4, -0.2) is 17.6 Å². The topological polar surface area (TPSA) is 43.4 Å². The minimum atomic E-state index is -2.11. The molecule has 0 fully saturated rings. The molecule has 12 heavy (non-hydrogen) atoms. The molecule has 4 heteroatoms. The van der Waals surface area contributed by atoms with Gasteiger partial charge in [0, 0.05) is 0 Å². The van der Waals surface area contributed by atoms with E-state index in [0.717, 1.165) is 13.8 Å². The van der Waals surface area contributed by atoms with Crippen molar-refractivity contribution in [3.63, 3.8) is 0 Å². The second kappa shape index (κ2) is 3.65. The van der Waals surface area contributed by atoms with Crippen molar-refractivity contribution in [1.29, 1.82) is 0 Å². The highest BCUT2D eigenvalue weighted by molar-refractivity contribution is 5.90. The monoisotopic (exact) mass is 176 g/mol. The molecule has 0 saturated heterocycles. The molecule has 0 bridgehead atoms. The van der Waals surface area contributed by atoms with Gasteiger partial charge in [-0.2, -0.15) is 0 Å². The standard InChI is InChI=1S/C8H13FO3/c1-5(2)6(10)12-7(11)8(3,4)9/h5H,1-4H3. The predicted octanol–water partition coefficient (Wildman–Crippen LogP) is 1.46. The Bertz CT molecular complexity index is 191. The third-order valence-corrected chi connectivity index (χ3v) is 1.15. The Kier molecular flexibility index (Phi) is 3.36. The Labute approximate surface area is 70.9 Å². The molecule has 0 spiro atoms. The molecule has 0 aromatic heterocycles. The Hall–Kier alpha value is -0.930. The van der Waals surface area contributed by atoms with Crippen LogP contribution in [0.2, 0.25) is 0 Å². The number of hydrogen-bond donors (Lipinski definition) is 0. The minimum absolute atomic E-state index is 0.420. The molecule has 3 nitrogen and oxygen atoms in total. The molecule has 0 N–H and O–H groups in total. The fourth-order valence-corrected chi connectivity index (χ4v) is 0.331. The first-order valence-electron chi connectivity index (χ1n) is 3.70. The van der Waals surface area contributed by atoms with Crippen molar-refractivity contribution in [2.24, 2.45) is 5.92 Å². The van der Waals surface area contributed by atoms with Crippen molar-refractivity contribution in [2.75, 3.05) is 0 Å². The fraction of sp³-hybridized carbons (Fsp3) is 0.750. The fourth-order valence-electron chi connectivity index (χ4n) is 0.331. The smallest absolute Gasteiger partial charge is 0.350 e. The molecule has 0 atom stereocenters. The minimum Gasteiger partial charge on any atom is -0.391 e. The van der Waals surface area contributed by atoms with Crippen LogP contribution in [0.15, 0.2) is 0 Å². The Balaban J connectivity index is 4.12. The van der Waals surface area contributed by atoms with E-state index >= 15 is 0 Å². The Morgan fingerprint density at radius 1 is 1.33 bits per heavy atom. The summed E-state index contributed by atoms with van der Waals surface area (Å²) in [6.07, 6.45) is 0. The number of ether oxygens (including phenoxy) is 1. The molecule has 0 aromatic carbocycles. The molecule has 0 unspecified atom stereocenters. The third kappa shape index (κ3) is 3.46. The number of alkyl halides is 1. The number of hydrogen-bond acceptors (Lipinski definition) is 3. The van der Waals surface area contributed by atoms with E-state index in [1.165, 1.54) is 0 Å².